The molecule has 0 aliphatic heterocycles. The van der Waals surface area contributed by atoms with Crippen molar-refractivity contribution in [2.45, 2.75) is 6.92 Å². The van der Waals surface area contributed by atoms with Crippen molar-refractivity contribution in [2.75, 3.05) is 10.6 Å². The number of hydrogen-bond donors (Lipinski definition) is 3. The fourth-order valence-corrected chi connectivity index (χ4v) is 2.20. The van der Waals surface area contributed by atoms with Gasteiger partial charge in [-0.25, -0.2) is 4.79 Å². The molecule has 0 unspecified atom stereocenters. The molecule has 0 fully saturated rings. The molecule has 3 N–H and O–H groups in total. The minimum atomic E-state index is -0.538. The zero-order valence-corrected chi connectivity index (χ0v) is 13.1. The number of phenols is 1. The van der Waals surface area contributed by atoms with E-state index in [4.69, 9.17) is 34.8 Å². The van der Waals surface area contributed by atoms with Crippen LogP contribution in [0, 0.1) is 6.92 Å². The van der Waals surface area contributed by atoms with Crippen molar-refractivity contribution in [3.05, 3.63) is 51.0 Å². The second kappa shape index (κ2) is 6.43. The van der Waals surface area contributed by atoms with E-state index in [0.29, 0.717) is 21.3 Å². The normalized spacial score (nSPS) is 10.3. The van der Waals surface area contributed by atoms with Crippen molar-refractivity contribution in [1.82, 2.24) is 0 Å². The number of amides is 2. The maximum Gasteiger partial charge on any atom is 0.323 e. The number of phenolic OH excluding ortho intramolecular Hbond substituents is 1. The van der Waals surface area contributed by atoms with Gasteiger partial charge in [-0.2, -0.15) is 0 Å². The van der Waals surface area contributed by atoms with Crippen LogP contribution in [-0.2, 0) is 0 Å². The Hall–Kier alpha value is -1.62. The van der Waals surface area contributed by atoms with Crippen LogP contribution in [0.3, 0.4) is 0 Å². The topological polar surface area (TPSA) is 61.4 Å². The zero-order valence-electron chi connectivity index (χ0n) is 10.9. The monoisotopic (exact) mass is 344 g/mol. The number of carbonyl (C=O) groups is 1. The molecular weight excluding hydrogens is 335 g/mol. The quantitative estimate of drug-likeness (QED) is 0.646. The summed E-state index contributed by atoms with van der Waals surface area (Å²) in [5.41, 5.74) is 1.22. The Morgan fingerprint density at radius 3 is 2.33 bits per heavy atom. The first-order valence-electron chi connectivity index (χ1n) is 5.89. The Bertz CT molecular complexity index is 688. The molecule has 0 aliphatic rings. The van der Waals surface area contributed by atoms with Crippen LogP contribution in [0.4, 0.5) is 16.2 Å². The van der Waals surface area contributed by atoms with Crippen molar-refractivity contribution < 1.29 is 9.90 Å². The first-order chi connectivity index (χ1) is 9.88. The lowest BCUT2D eigenvalue weighted by Gasteiger charge is -2.12. The van der Waals surface area contributed by atoms with Gasteiger partial charge in [-0.15, -0.1) is 0 Å². The van der Waals surface area contributed by atoms with Gasteiger partial charge in [0.05, 0.1) is 10.7 Å². The van der Waals surface area contributed by atoms with E-state index in [1.54, 1.807) is 31.2 Å². The molecule has 21 heavy (non-hydrogen) atoms. The third-order valence-corrected chi connectivity index (χ3v) is 3.88. The molecule has 110 valence electrons. The van der Waals surface area contributed by atoms with Gasteiger partial charge in [0.15, 0.2) is 5.75 Å². The summed E-state index contributed by atoms with van der Waals surface area (Å²) in [5, 5.41) is 16.0. The summed E-state index contributed by atoms with van der Waals surface area (Å²) in [6.45, 7) is 1.67. The van der Waals surface area contributed by atoms with Crippen LogP contribution in [0.15, 0.2) is 30.3 Å². The van der Waals surface area contributed by atoms with Gasteiger partial charge in [0.2, 0.25) is 0 Å². The molecule has 0 atom stereocenters. The Kier molecular flexibility index (Phi) is 4.83. The molecular formula is C14H11Cl3N2O2. The number of nitrogens with one attached hydrogen (secondary N) is 2. The molecule has 4 nitrogen and oxygen atoms in total. The maximum absolute atomic E-state index is 11.9. The van der Waals surface area contributed by atoms with E-state index in [-0.39, 0.29) is 16.5 Å². The van der Waals surface area contributed by atoms with Crippen LogP contribution in [0.1, 0.15) is 5.56 Å². The molecule has 0 aromatic heterocycles. The highest BCUT2D eigenvalue weighted by Crippen LogP contribution is 2.38. The highest BCUT2D eigenvalue weighted by atomic mass is 35.5. The maximum atomic E-state index is 11.9. The molecule has 0 radical (unpaired) electrons. The standard InChI is InChI=1S/C14H11Cl3N2O2/c1-7-10(16)6-11(13(20)12(7)17)19-14(21)18-9-4-2-8(15)3-5-9/h2-6,20H,1H3,(H2,18,19,21). The van der Waals surface area contributed by atoms with Crippen LogP contribution < -0.4 is 10.6 Å². The molecule has 0 saturated carbocycles. The molecule has 0 heterocycles. The van der Waals surface area contributed by atoms with E-state index in [2.05, 4.69) is 10.6 Å². The molecule has 0 spiro atoms. The molecule has 2 aromatic carbocycles. The Labute approximate surface area is 136 Å². The van der Waals surface area contributed by atoms with E-state index in [9.17, 15) is 9.90 Å². The van der Waals surface area contributed by atoms with Crippen LogP contribution in [-0.4, -0.2) is 11.1 Å². The third-order valence-electron chi connectivity index (χ3n) is 2.77. The summed E-state index contributed by atoms with van der Waals surface area (Å²) in [7, 11) is 0. The molecule has 2 amide bonds. The Balaban J connectivity index is 2.15. The lowest BCUT2D eigenvalue weighted by atomic mass is 10.2. The Morgan fingerprint density at radius 1 is 1.10 bits per heavy atom. The van der Waals surface area contributed by atoms with Gasteiger partial charge >= 0.3 is 6.03 Å². The average molecular weight is 346 g/mol. The predicted octanol–water partition coefficient (Wildman–Crippen LogP) is 5.30. The van der Waals surface area contributed by atoms with E-state index in [0.717, 1.165) is 0 Å². The van der Waals surface area contributed by atoms with Crippen molar-refractivity contribution in [2.24, 2.45) is 0 Å². The fraction of sp³-hybridized carbons (Fsp3) is 0.0714. The van der Waals surface area contributed by atoms with E-state index in [1.807, 2.05) is 0 Å². The minimum absolute atomic E-state index is 0.101. The van der Waals surface area contributed by atoms with Crippen molar-refractivity contribution in [3.8, 4) is 5.75 Å². The number of anilines is 2. The summed E-state index contributed by atoms with van der Waals surface area (Å²) in [5.74, 6) is -0.232. The summed E-state index contributed by atoms with van der Waals surface area (Å²) in [6.07, 6.45) is 0. The second-order valence-corrected chi connectivity index (χ2v) is 5.50. The predicted molar refractivity (Wildman–Crippen MR) is 87.0 cm³/mol. The van der Waals surface area contributed by atoms with Gasteiger partial charge in [-0.05, 0) is 42.8 Å². The van der Waals surface area contributed by atoms with Gasteiger partial charge in [-0.1, -0.05) is 34.8 Å². The van der Waals surface area contributed by atoms with E-state index >= 15 is 0 Å². The van der Waals surface area contributed by atoms with Gasteiger partial charge < -0.3 is 15.7 Å². The number of halogens is 3. The highest BCUT2D eigenvalue weighted by Gasteiger charge is 2.14. The number of urea groups is 1. The van der Waals surface area contributed by atoms with Gasteiger partial charge in [-0.3, -0.25) is 0 Å². The van der Waals surface area contributed by atoms with Crippen LogP contribution in [0.2, 0.25) is 15.1 Å². The lowest BCUT2D eigenvalue weighted by molar-refractivity contribution is 0.262. The summed E-state index contributed by atoms with van der Waals surface area (Å²) >= 11 is 17.7. The third kappa shape index (κ3) is 3.73. The van der Waals surface area contributed by atoms with Crippen molar-refractivity contribution in [1.29, 1.82) is 0 Å². The van der Waals surface area contributed by atoms with E-state index < -0.39 is 6.03 Å². The van der Waals surface area contributed by atoms with Crippen LogP contribution in [0.5, 0.6) is 5.75 Å². The van der Waals surface area contributed by atoms with E-state index in [1.165, 1.54) is 6.07 Å². The number of carbonyl (C=O) groups excluding carboxylic acids is 1. The zero-order chi connectivity index (χ0) is 15.6. The lowest BCUT2D eigenvalue weighted by Crippen LogP contribution is -2.19. The summed E-state index contributed by atoms with van der Waals surface area (Å²) in [4.78, 5) is 11.9. The molecule has 7 heteroatoms. The average Bonchev–Trinajstić information content (AvgIpc) is 2.45. The smallest absolute Gasteiger partial charge is 0.323 e. The molecule has 0 aliphatic carbocycles. The van der Waals surface area contributed by atoms with Gasteiger partial charge in [0.1, 0.15) is 0 Å². The largest absolute Gasteiger partial charge is 0.504 e. The van der Waals surface area contributed by atoms with Gasteiger partial charge in [0, 0.05) is 15.7 Å². The first kappa shape index (κ1) is 15.8. The molecule has 0 saturated heterocycles. The number of hydrogen-bond acceptors (Lipinski definition) is 2. The minimum Gasteiger partial charge on any atom is -0.504 e. The molecule has 2 rings (SSSR count). The summed E-state index contributed by atoms with van der Waals surface area (Å²) in [6, 6.07) is 7.49. The number of aromatic hydroxyl groups is 1. The molecule has 0 bridgehead atoms. The first-order valence-corrected chi connectivity index (χ1v) is 7.03. The summed E-state index contributed by atoms with van der Waals surface area (Å²) < 4.78 is 0. The highest BCUT2D eigenvalue weighted by molar-refractivity contribution is 6.37. The fourth-order valence-electron chi connectivity index (χ4n) is 1.62. The Morgan fingerprint density at radius 2 is 1.71 bits per heavy atom. The molecule has 2 aromatic rings. The second-order valence-electron chi connectivity index (χ2n) is 4.28. The van der Waals surface area contributed by atoms with Gasteiger partial charge in [0.25, 0.3) is 0 Å². The van der Waals surface area contributed by atoms with Crippen molar-refractivity contribution in [3.63, 3.8) is 0 Å². The number of benzene rings is 2. The van der Waals surface area contributed by atoms with Crippen molar-refractivity contribution >= 4 is 52.2 Å². The van der Waals surface area contributed by atoms with Crippen LogP contribution >= 0.6 is 34.8 Å². The number of rotatable bonds is 2. The SMILES string of the molecule is Cc1c(Cl)cc(NC(=O)Nc2ccc(Cl)cc2)c(O)c1Cl. The van der Waals surface area contributed by atoms with Crippen LogP contribution in [0.25, 0.3) is 0 Å².